The molecular formula is C20H25NO3S. The lowest BCUT2D eigenvalue weighted by atomic mass is 10.1. The third-order valence-corrected chi connectivity index (χ3v) is 5.84. The Labute approximate surface area is 150 Å². The van der Waals surface area contributed by atoms with Gasteiger partial charge >= 0.3 is 0 Å². The number of nitrogens with one attached hydrogen (secondary N) is 1. The fraction of sp³-hybridized carbons (Fsp3) is 0.400. The molecule has 0 saturated carbocycles. The molecule has 0 aliphatic heterocycles. The van der Waals surface area contributed by atoms with Crippen molar-refractivity contribution in [2.24, 2.45) is 0 Å². The molecule has 2 aromatic rings. The number of rotatable bonds is 7. The van der Waals surface area contributed by atoms with Gasteiger partial charge in [0.15, 0.2) is 0 Å². The molecule has 25 heavy (non-hydrogen) atoms. The normalized spacial score (nSPS) is 13.9. The monoisotopic (exact) mass is 359 g/mol. The minimum atomic E-state index is -3.45. The van der Waals surface area contributed by atoms with Gasteiger partial charge in [0.1, 0.15) is 5.75 Å². The lowest BCUT2D eigenvalue weighted by Gasteiger charge is -2.11. The second-order valence-electron chi connectivity index (χ2n) is 6.74. The lowest BCUT2D eigenvalue weighted by molar-refractivity contribution is 0.242. The summed E-state index contributed by atoms with van der Waals surface area (Å²) in [6.07, 6.45) is 3.93. The van der Waals surface area contributed by atoms with Crippen molar-refractivity contribution >= 4 is 10.0 Å². The van der Waals surface area contributed by atoms with Gasteiger partial charge in [-0.3, -0.25) is 0 Å². The summed E-state index contributed by atoms with van der Waals surface area (Å²) < 4.78 is 33.2. The number of aryl methyl sites for hydroxylation is 2. The highest BCUT2D eigenvalue weighted by Gasteiger charge is 2.18. The first-order chi connectivity index (χ1) is 11.9. The summed E-state index contributed by atoms with van der Waals surface area (Å²) in [5.74, 6) is 0.831. The number of sulfonamides is 1. The Kier molecular flexibility index (Phi) is 5.45. The molecule has 1 aliphatic carbocycles. The molecule has 5 heteroatoms. The molecule has 1 aliphatic rings. The summed E-state index contributed by atoms with van der Waals surface area (Å²) in [6, 6.07) is 13.3. The largest absolute Gasteiger partial charge is 0.491 e. The van der Waals surface area contributed by atoms with E-state index < -0.39 is 10.0 Å². The van der Waals surface area contributed by atoms with Crippen molar-refractivity contribution in [3.05, 3.63) is 59.2 Å². The van der Waals surface area contributed by atoms with Gasteiger partial charge in [0.2, 0.25) is 10.0 Å². The first-order valence-corrected chi connectivity index (χ1v) is 10.3. The SMILES string of the molecule is CC(C)Oc1ccc(CCNS(=O)(=O)c2ccc3c(c2)CCC3)cc1. The maximum Gasteiger partial charge on any atom is 0.240 e. The Bertz CT molecular complexity index is 827. The number of benzene rings is 2. The van der Waals surface area contributed by atoms with E-state index in [-0.39, 0.29) is 6.10 Å². The maximum atomic E-state index is 12.5. The minimum Gasteiger partial charge on any atom is -0.491 e. The van der Waals surface area contributed by atoms with E-state index in [1.54, 1.807) is 6.07 Å². The molecule has 0 aromatic heterocycles. The van der Waals surface area contributed by atoms with E-state index in [9.17, 15) is 8.42 Å². The van der Waals surface area contributed by atoms with Crippen LogP contribution in [0.2, 0.25) is 0 Å². The minimum absolute atomic E-state index is 0.144. The van der Waals surface area contributed by atoms with Crippen LogP contribution in [-0.4, -0.2) is 21.1 Å². The van der Waals surface area contributed by atoms with Crippen molar-refractivity contribution in [2.75, 3.05) is 6.54 Å². The maximum absolute atomic E-state index is 12.5. The Hall–Kier alpha value is -1.85. The molecule has 0 atom stereocenters. The molecule has 3 rings (SSSR count). The van der Waals surface area contributed by atoms with Crippen molar-refractivity contribution in [3.8, 4) is 5.75 Å². The second kappa shape index (κ2) is 7.58. The van der Waals surface area contributed by atoms with Crippen LogP contribution in [0.5, 0.6) is 5.75 Å². The molecule has 1 N–H and O–H groups in total. The van der Waals surface area contributed by atoms with Crippen LogP contribution in [0.4, 0.5) is 0 Å². The molecule has 0 bridgehead atoms. The molecule has 134 valence electrons. The van der Waals surface area contributed by atoms with Gasteiger partial charge < -0.3 is 4.74 Å². The van der Waals surface area contributed by atoms with Gasteiger partial charge in [-0.15, -0.1) is 0 Å². The van der Waals surface area contributed by atoms with Crippen molar-refractivity contribution in [3.63, 3.8) is 0 Å². The summed E-state index contributed by atoms with van der Waals surface area (Å²) in [5, 5.41) is 0. The van der Waals surface area contributed by atoms with Gasteiger partial charge in [-0.25, -0.2) is 13.1 Å². The average Bonchev–Trinajstić information content (AvgIpc) is 3.03. The van der Waals surface area contributed by atoms with E-state index in [1.165, 1.54) is 11.1 Å². The second-order valence-corrected chi connectivity index (χ2v) is 8.51. The summed E-state index contributed by atoms with van der Waals surface area (Å²) in [6.45, 7) is 4.35. The zero-order valence-corrected chi connectivity index (χ0v) is 15.6. The first-order valence-electron chi connectivity index (χ1n) is 8.81. The Morgan fingerprint density at radius 3 is 2.48 bits per heavy atom. The molecule has 0 fully saturated rings. The van der Waals surface area contributed by atoms with Gasteiger partial charge in [-0.2, -0.15) is 0 Å². The van der Waals surface area contributed by atoms with Gasteiger partial charge in [-0.1, -0.05) is 18.2 Å². The van der Waals surface area contributed by atoms with Crippen LogP contribution in [-0.2, 0) is 29.3 Å². The molecule has 0 amide bonds. The van der Waals surface area contributed by atoms with Crippen LogP contribution >= 0.6 is 0 Å². The van der Waals surface area contributed by atoms with E-state index >= 15 is 0 Å². The summed E-state index contributed by atoms with van der Waals surface area (Å²) in [4.78, 5) is 0.369. The summed E-state index contributed by atoms with van der Waals surface area (Å²) in [5.41, 5.74) is 3.53. The van der Waals surface area contributed by atoms with Crippen LogP contribution in [0.15, 0.2) is 47.4 Å². The highest BCUT2D eigenvalue weighted by atomic mass is 32.2. The van der Waals surface area contributed by atoms with Gasteiger partial charge in [0, 0.05) is 6.54 Å². The number of fused-ring (bicyclic) bond motifs is 1. The van der Waals surface area contributed by atoms with Crippen molar-refractivity contribution < 1.29 is 13.2 Å². The number of hydrogen-bond donors (Lipinski definition) is 1. The Balaban J connectivity index is 1.57. The van der Waals surface area contributed by atoms with Crippen LogP contribution in [0, 0.1) is 0 Å². The summed E-state index contributed by atoms with van der Waals surface area (Å²) >= 11 is 0. The predicted octanol–water partition coefficient (Wildman–Crippen LogP) is 3.48. The van der Waals surface area contributed by atoms with Crippen LogP contribution in [0.25, 0.3) is 0 Å². The third-order valence-electron chi connectivity index (χ3n) is 4.38. The molecule has 0 unspecified atom stereocenters. The first kappa shape index (κ1) is 18.0. The average molecular weight is 359 g/mol. The van der Waals surface area contributed by atoms with E-state index in [2.05, 4.69) is 4.72 Å². The summed E-state index contributed by atoms with van der Waals surface area (Å²) in [7, 11) is -3.45. The number of ether oxygens (including phenoxy) is 1. The van der Waals surface area contributed by atoms with Gasteiger partial charge in [0.05, 0.1) is 11.0 Å². The van der Waals surface area contributed by atoms with Gasteiger partial charge in [-0.05, 0) is 80.5 Å². The number of hydrogen-bond acceptors (Lipinski definition) is 3. The van der Waals surface area contributed by atoms with E-state index in [0.29, 0.717) is 17.9 Å². The smallest absolute Gasteiger partial charge is 0.240 e. The topological polar surface area (TPSA) is 55.4 Å². The fourth-order valence-electron chi connectivity index (χ4n) is 3.14. The van der Waals surface area contributed by atoms with E-state index in [1.807, 2.05) is 50.2 Å². The van der Waals surface area contributed by atoms with Gasteiger partial charge in [0.25, 0.3) is 0 Å². The molecule has 2 aromatic carbocycles. The molecule has 4 nitrogen and oxygen atoms in total. The van der Waals surface area contributed by atoms with E-state index in [0.717, 1.165) is 30.6 Å². The highest BCUT2D eigenvalue weighted by Crippen LogP contribution is 2.24. The molecule has 0 radical (unpaired) electrons. The lowest BCUT2D eigenvalue weighted by Crippen LogP contribution is -2.26. The zero-order chi connectivity index (χ0) is 17.9. The Morgan fingerprint density at radius 1 is 1.04 bits per heavy atom. The Morgan fingerprint density at radius 2 is 1.76 bits per heavy atom. The third kappa shape index (κ3) is 4.61. The van der Waals surface area contributed by atoms with Crippen molar-refractivity contribution in [2.45, 2.75) is 50.5 Å². The fourth-order valence-corrected chi connectivity index (χ4v) is 4.22. The quantitative estimate of drug-likeness (QED) is 0.823. The van der Waals surface area contributed by atoms with Crippen LogP contribution in [0.3, 0.4) is 0 Å². The molecule has 0 heterocycles. The highest BCUT2D eigenvalue weighted by molar-refractivity contribution is 7.89. The van der Waals surface area contributed by atoms with Crippen LogP contribution < -0.4 is 9.46 Å². The predicted molar refractivity (Wildman–Crippen MR) is 99.6 cm³/mol. The van der Waals surface area contributed by atoms with Crippen molar-refractivity contribution in [1.82, 2.24) is 4.72 Å². The molecular weight excluding hydrogens is 334 g/mol. The van der Waals surface area contributed by atoms with Crippen molar-refractivity contribution in [1.29, 1.82) is 0 Å². The zero-order valence-electron chi connectivity index (χ0n) is 14.8. The standard InChI is InChI=1S/C20H25NO3S/c1-15(2)24-19-9-6-16(7-10-19)12-13-21-25(22,23)20-11-8-17-4-3-5-18(17)14-20/h6-11,14-15,21H,3-5,12-13H2,1-2H3. The van der Waals surface area contributed by atoms with Crippen LogP contribution in [0.1, 0.15) is 37.0 Å². The van der Waals surface area contributed by atoms with E-state index in [4.69, 9.17) is 4.74 Å². The molecule has 0 spiro atoms. The molecule has 0 saturated heterocycles.